The molecule has 0 aliphatic rings. The Bertz CT molecular complexity index is 862. The van der Waals surface area contributed by atoms with Gasteiger partial charge >= 0.3 is 5.97 Å². The molecule has 0 aliphatic carbocycles. The average molecular weight is 292 g/mol. The van der Waals surface area contributed by atoms with Gasteiger partial charge in [-0.3, -0.25) is 0 Å². The Morgan fingerprint density at radius 1 is 1.18 bits per heavy atom. The molecule has 0 atom stereocenters. The standard InChI is InChI=1S/C18H16N2O2/c1-13-6-5-7-14(10-13)11-19-20-12-16(18(21)22-2)15-8-3-4-9-17(15)20/h3-12H,1-2H3/b19-11+. The molecule has 4 nitrogen and oxygen atoms in total. The van der Waals surface area contributed by atoms with Crippen molar-refractivity contribution >= 4 is 23.1 Å². The third-order valence-electron chi connectivity index (χ3n) is 3.47. The van der Waals surface area contributed by atoms with Gasteiger partial charge in [-0.1, -0.05) is 48.0 Å². The van der Waals surface area contributed by atoms with E-state index in [0.29, 0.717) is 5.56 Å². The summed E-state index contributed by atoms with van der Waals surface area (Å²) in [5.41, 5.74) is 3.57. The number of methoxy groups -OCH3 is 1. The molecule has 4 heteroatoms. The minimum Gasteiger partial charge on any atom is -0.465 e. The van der Waals surface area contributed by atoms with Crippen molar-refractivity contribution in [2.24, 2.45) is 5.10 Å². The predicted molar refractivity (Wildman–Crippen MR) is 87.4 cm³/mol. The molecule has 0 N–H and O–H groups in total. The summed E-state index contributed by atoms with van der Waals surface area (Å²) in [6.45, 7) is 2.04. The lowest BCUT2D eigenvalue weighted by molar-refractivity contribution is 0.0603. The zero-order chi connectivity index (χ0) is 15.5. The predicted octanol–water partition coefficient (Wildman–Crippen LogP) is 3.62. The zero-order valence-corrected chi connectivity index (χ0v) is 12.5. The summed E-state index contributed by atoms with van der Waals surface area (Å²) in [5, 5.41) is 5.30. The van der Waals surface area contributed by atoms with Gasteiger partial charge in [0.15, 0.2) is 0 Å². The van der Waals surface area contributed by atoms with Crippen LogP contribution in [-0.2, 0) is 4.74 Å². The summed E-state index contributed by atoms with van der Waals surface area (Å²) in [7, 11) is 1.38. The normalized spacial score (nSPS) is 11.2. The molecule has 3 rings (SSSR count). The van der Waals surface area contributed by atoms with E-state index in [4.69, 9.17) is 4.74 Å². The third-order valence-corrected chi connectivity index (χ3v) is 3.47. The molecule has 3 aromatic rings. The molecule has 22 heavy (non-hydrogen) atoms. The number of carbonyl (C=O) groups is 1. The maximum Gasteiger partial charge on any atom is 0.340 e. The quantitative estimate of drug-likeness (QED) is 0.546. The van der Waals surface area contributed by atoms with Gasteiger partial charge in [-0.05, 0) is 18.6 Å². The summed E-state index contributed by atoms with van der Waals surface area (Å²) in [6, 6.07) is 15.7. The Kier molecular flexibility index (Phi) is 3.74. The first-order valence-corrected chi connectivity index (χ1v) is 6.98. The maximum absolute atomic E-state index is 11.9. The van der Waals surface area contributed by atoms with Gasteiger partial charge in [0.05, 0.1) is 24.4 Å². The molecule has 1 aromatic heterocycles. The number of hydrogen-bond acceptors (Lipinski definition) is 3. The number of benzene rings is 2. The van der Waals surface area contributed by atoms with E-state index in [1.165, 1.54) is 12.7 Å². The molecule has 0 unspecified atom stereocenters. The minimum atomic E-state index is -0.360. The van der Waals surface area contributed by atoms with Crippen LogP contribution >= 0.6 is 0 Å². The number of rotatable bonds is 3. The van der Waals surface area contributed by atoms with E-state index >= 15 is 0 Å². The Hall–Kier alpha value is -2.88. The first kappa shape index (κ1) is 14.1. The van der Waals surface area contributed by atoms with Crippen LogP contribution in [0.5, 0.6) is 0 Å². The van der Waals surface area contributed by atoms with Gasteiger partial charge in [-0.2, -0.15) is 5.10 Å². The van der Waals surface area contributed by atoms with Crippen molar-refractivity contribution in [3.8, 4) is 0 Å². The van der Waals surface area contributed by atoms with Crippen molar-refractivity contribution in [2.75, 3.05) is 7.11 Å². The minimum absolute atomic E-state index is 0.360. The largest absolute Gasteiger partial charge is 0.465 e. The first-order valence-electron chi connectivity index (χ1n) is 6.98. The highest BCUT2D eigenvalue weighted by atomic mass is 16.5. The average Bonchev–Trinajstić information content (AvgIpc) is 2.91. The molecule has 0 bridgehead atoms. The number of para-hydroxylation sites is 1. The molecule has 0 amide bonds. The molecular formula is C18H16N2O2. The lowest BCUT2D eigenvalue weighted by Gasteiger charge is -1.98. The van der Waals surface area contributed by atoms with Gasteiger partial charge in [0.2, 0.25) is 0 Å². The summed E-state index contributed by atoms with van der Waals surface area (Å²) in [4.78, 5) is 11.9. The Balaban J connectivity index is 2.06. The van der Waals surface area contributed by atoms with Gasteiger partial charge in [0, 0.05) is 11.6 Å². The van der Waals surface area contributed by atoms with Gasteiger partial charge in [-0.15, -0.1) is 0 Å². The summed E-state index contributed by atoms with van der Waals surface area (Å²) in [5.74, 6) is -0.360. The van der Waals surface area contributed by atoms with Crippen LogP contribution in [0.3, 0.4) is 0 Å². The fraction of sp³-hybridized carbons (Fsp3) is 0.111. The van der Waals surface area contributed by atoms with Crippen molar-refractivity contribution < 1.29 is 9.53 Å². The lowest BCUT2D eigenvalue weighted by atomic mass is 10.2. The number of fused-ring (bicyclic) bond motifs is 1. The summed E-state index contributed by atoms with van der Waals surface area (Å²) in [6.07, 6.45) is 3.48. The fourth-order valence-corrected chi connectivity index (χ4v) is 2.41. The maximum atomic E-state index is 11.9. The smallest absolute Gasteiger partial charge is 0.340 e. The Morgan fingerprint density at radius 2 is 2.00 bits per heavy atom. The highest BCUT2D eigenvalue weighted by molar-refractivity contribution is 6.04. The van der Waals surface area contributed by atoms with E-state index in [1.54, 1.807) is 17.1 Å². The van der Waals surface area contributed by atoms with Crippen molar-refractivity contribution in [1.29, 1.82) is 0 Å². The SMILES string of the molecule is COC(=O)c1cn(/N=C/c2cccc(C)c2)c2ccccc12. The van der Waals surface area contributed by atoms with E-state index in [-0.39, 0.29) is 5.97 Å². The molecule has 2 aromatic carbocycles. The lowest BCUT2D eigenvalue weighted by Crippen LogP contribution is -1.99. The highest BCUT2D eigenvalue weighted by Crippen LogP contribution is 2.22. The topological polar surface area (TPSA) is 43.6 Å². The van der Waals surface area contributed by atoms with E-state index in [2.05, 4.69) is 11.2 Å². The van der Waals surface area contributed by atoms with Crippen LogP contribution in [0.4, 0.5) is 0 Å². The van der Waals surface area contributed by atoms with Crippen LogP contribution in [0, 0.1) is 6.92 Å². The molecule has 0 fully saturated rings. The van der Waals surface area contributed by atoms with Gasteiger partial charge in [0.25, 0.3) is 0 Å². The molecule has 0 aliphatic heterocycles. The molecule has 0 spiro atoms. The number of hydrogen-bond donors (Lipinski definition) is 0. The van der Waals surface area contributed by atoms with E-state index in [1.807, 2.05) is 49.4 Å². The molecule has 1 heterocycles. The number of ether oxygens (including phenoxy) is 1. The van der Waals surface area contributed by atoms with Crippen LogP contribution in [0.1, 0.15) is 21.5 Å². The van der Waals surface area contributed by atoms with Crippen LogP contribution in [-0.4, -0.2) is 24.0 Å². The van der Waals surface area contributed by atoms with Crippen LogP contribution in [0.25, 0.3) is 10.9 Å². The van der Waals surface area contributed by atoms with Crippen LogP contribution in [0.15, 0.2) is 59.8 Å². The van der Waals surface area contributed by atoms with Crippen LogP contribution in [0.2, 0.25) is 0 Å². The summed E-state index contributed by atoms with van der Waals surface area (Å²) >= 11 is 0. The second-order valence-electron chi connectivity index (χ2n) is 5.05. The monoisotopic (exact) mass is 292 g/mol. The first-order chi connectivity index (χ1) is 10.7. The Morgan fingerprint density at radius 3 is 2.77 bits per heavy atom. The number of nitrogens with zero attached hydrogens (tertiary/aromatic N) is 2. The van der Waals surface area contributed by atoms with E-state index in [9.17, 15) is 4.79 Å². The molecular weight excluding hydrogens is 276 g/mol. The second-order valence-corrected chi connectivity index (χ2v) is 5.05. The number of carbonyl (C=O) groups excluding carboxylic acids is 1. The Labute approximate surface area is 128 Å². The van der Waals surface area contributed by atoms with Crippen molar-refractivity contribution in [1.82, 2.24) is 4.68 Å². The number of aryl methyl sites for hydroxylation is 1. The van der Waals surface area contributed by atoms with Gasteiger partial charge in [-0.25, -0.2) is 9.47 Å². The van der Waals surface area contributed by atoms with Crippen LogP contribution < -0.4 is 0 Å². The van der Waals surface area contributed by atoms with Gasteiger partial charge < -0.3 is 4.74 Å². The van der Waals surface area contributed by atoms with Crippen molar-refractivity contribution in [3.63, 3.8) is 0 Å². The molecule has 0 saturated carbocycles. The molecule has 110 valence electrons. The summed E-state index contributed by atoms with van der Waals surface area (Å²) < 4.78 is 6.53. The van der Waals surface area contributed by atoms with E-state index < -0.39 is 0 Å². The third kappa shape index (κ3) is 2.63. The van der Waals surface area contributed by atoms with E-state index in [0.717, 1.165) is 16.5 Å². The number of aromatic nitrogens is 1. The fourth-order valence-electron chi connectivity index (χ4n) is 2.41. The highest BCUT2D eigenvalue weighted by Gasteiger charge is 2.14. The molecule has 0 radical (unpaired) electrons. The zero-order valence-electron chi connectivity index (χ0n) is 12.5. The van der Waals surface area contributed by atoms with Gasteiger partial charge in [0.1, 0.15) is 0 Å². The number of esters is 1. The second kappa shape index (κ2) is 5.85. The molecule has 0 saturated heterocycles. The van der Waals surface area contributed by atoms with Crippen molar-refractivity contribution in [2.45, 2.75) is 6.92 Å². The van der Waals surface area contributed by atoms with Crippen molar-refractivity contribution in [3.05, 3.63) is 71.4 Å².